The lowest BCUT2D eigenvalue weighted by Crippen LogP contribution is -2.33. The molecule has 9 heavy (non-hydrogen) atoms. The third-order valence-corrected chi connectivity index (χ3v) is 2.58. The highest BCUT2D eigenvalue weighted by atomic mass is 14.8. The number of hydrogen-bond donors (Lipinski definition) is 2. The number of nitrogens with two attached hydrogens (primary N) is 2. The van der Waals surface area contributed by atoms with Gasteiger partial charge in [0.25, 0.3) is 0 Å². The first-order valence-electron chi connectivity index (χ1n) is 3.64. The van der Waals surface area contributed by atoms with Gasteiger partial charge in [0.15, 0.2) is 0 Å². The van der Waals surface area contributed by atoms with Crippen LogP contribution in [0.4, 0.5) is 0 Å². The van der Waals surface area contributed by atoms with Crippen LogP contribution in [0.5, 0.6) is 0 Å². The SMILES string of the molecule is CC1CC(N)C(C)C1N. The first-order valence-corrected chi connectivity index (χ1v) is 3.64. The van der Waals surface area contributed by atoms with Crippen molar-refractivity contribution < 1.29 is 0 Å². The van der Waals surface area contributed by atoms with Crippen LogP contribution < -0.4 is 11.5 Å². The number of rotatable bonds is 0. The summed E-state index contributed by atoms with van der Waals surface area (Å²) < 4.78 is 0. The van der Waals surface area contributed by atoms with E-state index in [9.17, 15) is 0 Å². The van der Waals surface area contributed by atoms with E-state index < -0.39 is 0 Å². The van der Waals surface area contributed by atoms with Crippen LogP contribution >= 0.6 is 0 Å². The molecule has 0 amide bonds. The summed E-state index contributed by atoms with van der Waals surface area (Å²) in [7, 11) is 0. The lowest BCUT2D eigenvalue weighted by atomic mass is 10.0. The van der Waals surface area contributed by atoms with Crippen molar-refractivity contribution in [3.63, 3.8) is 0 Å². The van der Waals surface area contributed by atoms with Crippen LogP contribution in [0, 0.1) is 11.8 Å². The van der Waals surface area contributed by atoms with Crippen molar-refractivity contribution in [2.45, 2.75) is 32.4 Å². The van der Waals surface area contributed by atoms with Gasteiger partial charge in [0.2, 0.25) is 0 Å². The van der Waals surface area contributed by atoms with Gasteiger partial charge in [0.1, 0.15) is 0 Å². The van der Waals surface area contributed by atoms with Crippen LogP contribution in [0.1, 0.15) is 20.3 Å². The fraction of sp³-hybridized carbons (Fsp3) is 1.00. The van der Waals surface area contributed by atoms with Crippen molar-refractivity contribution in [3.8, 4) is 0 Å². The fourth-order valence-electron chi connectivity index (χ4n) is 1.60. The zero-order valence-electron chi connectivity index (χ0n) is 6.17. The molecule has 1 aliphatic rings. The molecule has 4 N–H and O–H groups in total. The molecule has 0 aromatic heterocycles. The minimum atomic E-state index is 0.333. The van der Waals surface area contributed by atoms with E-state index in [0.29, 0.717) is 23.9 Å². The molecule has 0 aromatic carbocycles. The minimum absolute atomic E-state index is 0.333. The van der Waals surface area contributed by atoms with E-state index >= 15 is 0 Å². The molecule has 2 heteroatoms. The normalized spacial score (nSPS) is 52.0. The smallest absolute Gasteiger partial charge is 0.0106 e. The topological polar surface area (TPSA) is 52.0 Å². The molecular formula is C7H16N2. The maximum absolute atomic E-state index is 5.83. The van der Waals surface area contributed by atoms with E-state index in [-0.39, 0.29) is 0 Å². The standard InChI is InChI=1S/C7H16N2/c1-4-3-6(8)5(2)7(4)9/h4-7H,3,8-9H2,1-2H3. The Balaban J connectivity index is 2.54. The Morgan fingerprint density at radius 1 is 1.22 bits per heavy atom. The van der Waals surface area contributed by atoms with E-state index in [1.54, 1.807) is 0 Å². The third kappa shape index (κ3) is 1.10. The minimum Gasteiger partial charge on any atom is -0.327 e. The van der Waals surface area contributed by atoms with Gasteiger partial charge in [-0.3, -0.25) is 0 Å². The molecule has 4 atom stereocenters. The largest absolute Gasteiger partial charge is 0.327 e. The van der Waals surface area contributed by atoms with Gasteiger partial charge in [0.05, 0.1) is 0 Å². The lowest BCUT2D eigenvalue weighted by Gasteiger charge is -2.14. The number of hydrogen-bond acceptors (Lipinski definition) is 2. The molecule has 54 valence electrons. The molecule has 0 heterocycles. The van der Waals surface area contributed by atoms with Crippen molar-refractivity contribution in [2.75, 3.05) is 0 Å². The van der Waals surface area contributed by atoms with E-state index in [4.69, 9.17) is 11.5 Å². The highest BCUT2D eigenvalue weighted by Crippen LogP contribution is 2.27. The maximum Gasteiger partial charge on any atom is 0.0106 e. The molecule has 1 fully saturated rings. The zero-order chi connectivity index (χ0) is 7.02. The molecular weight excluding hydrogens is 112 g/mol. The summed E-state index contributed by atoms with van der Waals surface area (Å²) >= 11 is 0. The Labute approximate surface area is 56.6 Å². The van der Waals surface area contributed by atoms with Gasteiger partial charge in [-0.1, -0.05) is 13.8 Å². The van der Waals surface area contributed by atoms with Gasteiger partial charge < -0.3 is 11.5 Å². The van der Waals surface area contributed by atoms with Gasteiger partial charge in [-0.2, -0.15) is 0 Å². The molecule has 2 nitrogen and oxygen atoms in total. The molecule has 0 bridgehead atoms. The molecule has 0 radical (unpaired) electrons. The Morgan fingerprint density at radius 2 is 1.78 bits per heavy atom. The maximum atomic E-state index is 5.83. The van der Waals surface area contributed by atoms with E-state index in [1.165, 1.54) is 0 Å². The second-order valence-corrected chi connectivity index (χ2v) is 3.31. The van der Waals surface area contributed by atoms with Crippen molar-refractivity contribution >= 4 is 0 Å². The summed E-state index contributed by atoms with van der Waals surface area (Å²) in [6.07, 6.45) is 1.10. The van der Waals surface area contributed by atoms with E-state index in [0.717, 1.165) is 6.42 Å². The lowest BCUT2D eigenvalue weighted by molar-refractivity contribution is 0.442. The summed E-state index contributed by atoms with van der Waals surface area (Å²) in [5.74, 6) is 1.13. The Bertz CT molecular complexity index is 91.1. The predicted molar refractivity (Wildman–Crippen MR) is 38.9 cm³/mol. The van der Waals surface area contributed by atoms with Crippen LogP contribution in [0.3, 0.4) is 0 Å². The van der Waals surface area contributed by atoms with Gasteiger partial charge in [-0.25, -0.2) is 0 Å². The Morgan fingerprint density at radius 3 is 1.89 bits per heavy atom. The average molecular weight is 128 g/mol. The first kappa shape index (κ1) is 7.03. The van der Waals surface area contributed by atoms with Gasteiger partial charge in [-0.05, 0) is 18.3 Å². The molecule has 0 aromatic rings. The molecule has 1 saturated carbocycles. The highest BCUT2D eigenvalue weighted by Gasteiger charge is 2.33. The molecule has 1 rings (SSSR count). The molecule has 0 saturated heterocycles. The van der Waals surface area contributed by atoms with E-state index in [1.807, 2.05) is 0 Å². The van der Waals surface area contributed by atoms with Crippen LogP contribution in [0.2, 0.25) is 0 Å². The van der Waals surface area contributed by atoms with Crippen LogP contribution in [0.25, 0.3) is 0 Å². The predicted octanol–water partition coefficient (Wildman–Crippen LogP) is 0.317. The third-order valence-electron chi connectivity index (χ3n) is 2.58. The second kappa shape index (κ2) is 2.27. The molecule has 4 unspecified atom stereocenters. The van der Waals surface area contributed by atoms with Crippen molar-refractivity contribution in [3.05, 3.63) is 0 Å². The van der Waals surface area contributed by atoms with Gasteiger partial charge >= 0.3 is 0 Å². The van der Waals surface area contributed by atoms with Crippen LogP contribution in [-0.4, -0.2) is 12.1 Å². The zero-order valence-corrected chi connectivity index (χ0v) is 6.17. The summed E-state index contributed by atoms with van der Waals surface area (Å²) in [5, 5.41) is 0. The molecule has 1 aliphatic carbocycles. The second-order valence-electron chi connectivity index (χ2n) is 3.31. The van der Waals surface area contributed by atoms with Crippen molar-refractivity contribution in [2.24, 2.45) is 23.3 Å². The van der Waals surface area contributed by atoms with Gasteiger partial charge in [-0.15, -0.1) is 0 Å². The Kier molecular flexibility index (Phi) is 1.78. The average Bonchev–Trinajstić information content (AvgIpc) is 1.98. The summed E-state index contributed by atoms with van der Waals surface area (Å²) in [6, 6.07) is 0.676. The molecule has 0 spiro atoms. The summed E-state index contributed by atoms with van der Waals surface area (Å²) in [5.41, 5.74) is 11.6. The van der Waals surface area contributed by atoms with Crippen LogP contribution in [-0.2, 0) is 0 Å². The first-order chi connectivity index (χ1) is 4.13. The van der Waals surface area contributed by atoms with Crippen molar-refractivity contribution in [1.82, 2.24) is 0 Å². The molecule has 0 aliphatic heterocycles. The summed E-state index contributed by atoms with van der Waals surface area (Å²) in [4.78, 5) is 0. The monoisotopic (exact) mass is 128 g/mol. The quantitative estimate of drug-likeness (QED) is 0.493. The fourth-order valence-corrected chi connectivity index (χ4v) is 1.60. The van der Waals surface area contributed by atoms with Gasteiger partial charge in [0, 0.05) is 12.1 Å². The summed E-state index contributed by atoms with van der Waals surface area (Å²) in [6.45, 7) is 4.31. The van der Waals surface area contributed by atoms with Crippen LogP contribution in [0.15, 0.2) is 0 Å². The van der Waals surface area contributed by atoms with Crippen molar-refractivity contribution in [1.29, 1.82) is 0 Å². The highest BCUT2D eigenvalue weighted by molar-refractivity contribution is 4.91. The van der Waals surface area contributed by atoms with E-state index in [2.05, 4.69) is 13.8 Å². The Hall–Kier alpha value is -0.0800.